The van der Waals surface area contributed by atoms with Crippen LogP contribution in [0.5, 0.6) is 0 Å². The predicted octanol–water partition coefficient (Wildman–Crippen LogP) is 1.95. The minimum absolute atomic E-state index is 0.101. The molecular weight excluding hydrogens is 148 g/mol. The van der Waals surface area contributed by atoms with Gasteiger partial charge in [0.15, 0.2) is 0 Å². The van der Waals surface area contributed by atoms with Gasteiger partial charge in [0, 0.05) is 6.07 Å². The van der Waals surface area contributed by atoms with Gasteiger partial charge < -0.3 is 4.52 Å². The van der Waals surface area contributed by atoms with Crippen LogP contribution in [0.3, 0.4) is 0 Å². The number of thiocyanates is 1. The first-order valence-corrected chi connectivity index (χ1v) is 3.67. The van der Waals surface area contributed by atoms with Crippen LogP contribution in [-0.2, 0) is 0 Å². The molecule has 0 saturated heterocycles. The van der Waals surface area contributed by atoms with Crippen LogP contribution in [0, 0.1) is 10.7 Å². The van der Waals surface area contributed by atoms with E-state index in [1.807, 2.05) is 12.3 Å². The second-order valence-corrected chi connectivity index (χ2v) is 2.90. The summed E-state index contributed by atoms with van der Waals surface area (Å²) in [5, 5.41) is 14.1. The molecule has 52 valence electrons. The fourth-order valence-corrected chi connectivity index (χ4v) is 0.971. The van der Waals surface area contributed by atoms with Crippen molar-refractivity contribution in [2.45, 2.75) is 12.2 Å². The Hall–Kier alpha value is -0.950. The van der Waals surface area contributed by atoms with Crippen molar-refractivity contribution in [3.05, 3.63) is 18.0 Å². The number of aromatic nitrogens is 1. The standard InChI is InChI=1S/C6H6N2OS/c1-5(10-4-7)6-2-3-9-8-6/h2-3,5H,1H3/t5-/m0/s1. The Kier molecular flexibility index (Phi) is 2.35. The molecule has 0 aliphatic rings. The molecule has 0 aliphatic heterocycles. The summed E-state index contributed by atoms with van der Waals surface area (Å²) in [5.41, 5.74) is 0.812. The molecule has 0 fully saturated rings. The van der Waals surface area contributed by atoms with Crippen molar-refractivity contribution in [1.29, 1.82) is 5.26 Å². The molecule has 0 unspecified atom stereocenters. The van der Waals surface area contributed by atoms with Gasteiger partial charge in [0.2, 0.25) is 0 Å². The largest absolute Gasteiger partial charge is 0.364 e. The molecule has 0 saturated carbocycles. The maximum atomic E-state index is 8.29. The van der Waals surface area contributed by atoms with E-state index in [1.165, 1.54) is 18.0 Å². The van der Waals surface area contributed by atoms with Gasteiger partial charge in [-0.3, -0.25) is 0 Å². The zero-order valence-corrected chi connectivity index (χ0v) is 6.26. The van der Waals surface area contributed by atoms with Gasteiger partial charge in [-0.25, -0.2) is 0 Å². The molecule has 0 amide bonds. The van der Waals surface area contributed by atoms with Crippen LogP contribution in [0.4, 0.5) is 0 Å². The van der Waals surface area contributed by atoms with Crippen LogP contribution in [0.25, 0.3) is 0 Å². The number of rotatable bonds is 2. The second kappa shape index (κ2) is 3.28. The lowest BCUT2D eigenvalue weighted by molar-refractivity contribution is 0.412. The fourth-order valence-electron chi connectivity index (χ4n) is 0.571. The van der Waals surface area contributed by atoms with Gasteiger partial charge in [0.25, 0.3) is 0 Å². The molecule has 1 rings (SSSR count). The van der Waals surface area contributed by atoms with E-state index < -0.39 is 0 Å². The van der Waals surface area contributed by atoms with E-state index in [2.05, 4.69) is 9.68 Å². The van der Waals surface area contributed by atoms with E-state index in [0.29, 0.717) is 0 Å². The molecule has 1 heterocycles. The van der Waals surface area contributed by atoms with Crippen LogP contribution >= 0.6 is 11.8 Å². The zero-order chi connectivity index (χ0) is 7.40. The van der Waals surface area contributed by atoms with E-state index in [-0.39, 0.29) is 5.25 Å². The highest BCUT2D eigenvalue weighted by Crippen LogP contribution is 2.24. The van der Waals surface area contributed by atoms with Crippen molar-refractivity contribution in [1.82, 2.24) is 5.16 Å². The van der Waals surface area contributed by atoms with Crippen molar-refractivity contribution in [2.75, 3.05) is 0 Å². The summed E-state index contributed by atoms with van der Waals surface area (Å²) in [6.07, 6.45) is 1.50. The normalized spacial score (nSPS) is 12.4. The minimum Gasteiger partial charge on any atom is -0.364 e. The molecule has 1 aromatic heterocycles. The highest BCUT2D eigenvalue weighted by molar-refractivity contribution is 8.03. The summed E-state index contributed by atoms with van der Waals surface area (Å²) in [4.78, 5) is 0. The van der Waals surface area contributed by atoms with Gasteiger partial charge in [-0.2, -0.15) is 5.26 Å². The number of hydrogen-bond donors (Lipinski definition) is 0. The van der Waals surface area contributed by atoms with E-state index >= 15 is 0 Å². The summed E-state index contributed by atoms with van der Waals surface area (Å²) >= 11 is 1.17. The van der Waals surface area contributed by atoms with Crippen molar-refractivity contribution >= 4 is 11.8 Å². The summed E-state index contributed by atoms with van der Waals surface area (Å²) in [6.45, 7) is 1.91. The Bertz CT molecular complexity index is 226. The van der Waals surface area contributed by atoms with Gasteiger partial charge in [-0.15, -0.1) is 0 Å². The maximum absolute atomic E-state index is 8.29. The van der Waals surface area contributed by atoms with Crippen molar-refractivity contribution in [3.63, 3.8) is 0 Å². The molecule has 0 spiro atoms. The van der Waals surface area contributed by atoms with Crippen LogP contribution in [-0.4, -0.2) is 5.16 Å². The maximum Gasteiger partial charge on any atom is 0.134 e. The monoisotopic (exact) mass is 154 g/mol. The molecule has 3 nitrogen and oxygen atoms in total. The third-order valence-electron chi connectivity index (χ3n) is 1.10. The van der Waals surface area contributed by atoms with Gasteiger partial charge in [0.05, 0.1) is 10.9 Å². The highest BCUT2D eigenvalue weighted by atomic mass is 32.2. The molecule has 0 aromatic carbocycles. The lowest BCUT2D eigenvalue weighted by Crippen LogP contribution is -1.84. The summed E-state index contributed by atoms with van der Waals surface area (Å²) < 4.78 is 4.61. The van der Waals surface area contributed by atoms with Crippen LogP contribution in [0.1, 0.15) is 17.9 Å². The van der Waals surface area contributed by atoms with Crippen molar-refractivity contribution in [2.24, 2.45) is 0 Å². The fraction of sp³-hybridized carbons (Fsp3) is 0.333. The predicted molar refractivity (Wildman–Crippen MR) is 38.1 cm³/mol. The SMILES string of the molecule is C[C@H](SC#N)c1ccon1. The lowest BCUT2D eigenvalue weighted by Gasteiger charge is -1.96. The highest BCUT2D eigenvalue weighted by Gasteiger charge is 2.07. The van der Waals surface area contributed by atoms with Crippen molar-refractivity contribution in [3.8, 4) is 5.40 Å². The first kappa shape index (κ1) is 7.16. The van der Waals surface area contributed by atoms with Gasteiger partial charge in [0.1, 0.15) is 11.7 Å². The zero-order valence-electron chi connectivity index (χ0n) is 5.44. The quantitative estimate of drug-likeness (QED) is 0.611. The van der Waals surface area contributed by atoms with E-state index in [1.54, 1.807) is 6.07 Å². The third-order valence-corrected chi connectivity index (χ3v) is 1.80. The Morgan fingerprint density at radius 1 is 1.90 bits per heavy atom. The Labute approximate surface area is 63.0 Å². The average Bonchev–Trinajstić information content (AvgIpc) is 2.38. The molecule has 0 N–H and O–H groups in total. The Balaban J connectivity index is 2.61. The van der Waals surface area contributed by atoms with Gasteiger partial charge in [-0.1, -0.05) is 5.16 Å². The summed E-state index contributed by atoms with van der Waals surface area (Å²) in [6, 6.07) is 1.76. The topological polar surface area (TPSA) is 49.8 Å². The van der Waals surface area contributed by atoms with Crippen LogP contribution in [0.2, 0.25) is 0 Å². The lowest BCUT2D eigenvalue weighted by atomic mass is 10.3. The number of thioether (sulfide) groups is 1. The molecule has 1 atom stereocenters. The minimum atomic E-state index is 0.101. The molecule has 0 aliphatic carbocycles. The number of nitrogens with zero attached hydrogens (tertiary/aromatic N) is 2. The summed E-state index contributed by atoms with van der Waals surface area (Å²) in [7, 11) is 0. The second-order valence-electron chi connectivity index (χ2n) is 1.78. The molecule has 10 heavy (non-hydrogen) atoms. The van der Waals surface area contributed by atoms with E-state index in [4.69, 9.17) is 5.26 Å². The molecular formula is C6H6N2OS. The molecule has 4 heteroatoms. The van der Waals surface area contributed by atoms with Gasteiger partial charge >= 0.3 is 0 Å². The van der Waals surface area contributed by atoms with E-state index in [9.17, 15) is 0 Å². The Morgan fingerprint density at radius 2 is 2.70 bits per heavy atom. The first-order valence-electron chi connectivity index (χ1n) is 2.79. The van der Waals surface area contributed by atoms with Crippen LogP contribution < -0.4 is 0 Å². The smallest absolute Gasteiger partial charge is 0.134 e. The average molecular weight is 154 g/mol. The summed E-state index contributed by atoms with van der Waals surface area (Å²) in [5.74, 6) is 0. The van der Waals surface area contributed by atoms with Crippen molar-refractivity contribution < 1.29 is 4.52 Å². The molecule has 0 radical (unpaired) electrons. The third kappa shape index (κ3) is 1.52. The van der Waals surface area contributed by atoms with Crippen LogP contribution in [0.15, 0.2) is 16.9 Å². The molecule has 1 aromatic rings. The molecule has 0 bridgehead atoms. The van der Waals surface area contributed by atoms with Gasteiger partial charge in [-0.05, 0) is 18.7 Å². The first-order chi connectivity index (χ1) is 4.84. The number of hydrogen-bond acceptors (Lipinski definition) is 4. The Morgan fingerprint density at radius 3 is 3.20 bits per heavy atom. The number of nitriles is 1. The van der Waals surface area contributed by atoms with E-state index in [0.717, 1.165) is 5.69 Å².